The molecule has 1 aromatic carbocycles. The number of ether oxygens (including phenoxy) is 1. The van der Waals surface area contributed by atoms with E-state index in [0.717, 1.165) is 0 Å². The van der Waals surface area contributed by atoms with Gasteiger partial charge in [-0.1, -0.05) is 12.1 Å². The molecular formula is C12H10O4. The predicted octanol–water partition coefficient (Wildman–Crippen LogP) is 1.52. The molecule has 0 aromatic heterocycles. The molecule has 1 heterocycles. The van der Waals surface area contributed by atoms with Gasteiger partial charge in [0.15, 0.2) is 0 Å². The number of fused-ring (bicyclic) bond motifs is 1. The Morgan fingerprint density at radius 3 is 2.69 bits per heavy atom. The fourth-order valence-electron chi connectivity index (χ4n) is 1.72. The van der Waals surface area contributed by atoms with Crippen LogP contribution in [0.25, 0.3) is 0 Å². The van der Waals surface area contributed by atoms with E-state index in [-0.39, 0.29) is 5.78 Å². The zero-order chi connectivity index (χ0) is 11.7. The van der Waals surface area contributed by atoms with Crippen LogP contribution in [0.4, 0.5) is 0 Å². The van der Waals surface area contributed by atoms with E-state index in [1.54, 1.807) is 18.2 Å². The Kier molecular flexibility index (Phi) is 2.56. The molecule has 2 rings (SSSR count). The zero-order valence-electron chi connectivity index (χ0n) is 8.78. The molecule has 0 unspecified atom stereocenters. The minimum absolute atomic E-state index is 0.0512. The van der Waals surface area contributed by atoms with Crippen LogP contribution in [0.5, 0.6) is 0 Å². The highest BCUT2D eigenvalue weighted by Gasteiger charge is 2.31. The van der Waals surface area contributed by atoms with Crippen molar-refractivity contribution >= 4 is 17.7 Å². The van der Waals surface area contributed by atoms with Crippen LogP contribution in [0.3, 0.4) is 0 Å². The number of Topliss-reactive ketones (excluding diaryl/α,β-unsaturated/α-hetero) is 1. The number of carbonyl (C=O) groups is 3. The van der Waals surface area contributed by atoms with Crippen LogP contribution >= 0.6 is 0 Å². The van der Waals surface area contributed by atoms with E-state index in [2.05, 4.69) is 4.74 Å². The van der Waals surface area contributed by atoms with Crippen molar-refractivity contribution in [2.75, 3.05) is 0 Å². The summed E-state index contributed by atoms with van der Waals surface area (Å²) in [5.41, 5.74) is 1.31. The van der Waals surface area contributed by atoms with E-state index in [9.17, 15) is 14.4 Å². The van der Waals surface area contributed by atoms with E-state index in [0.29, 0.717) is 29.5 Å². The van der Waals surface area contributed by atoms with E-state index in [1.807, 2.05) is 0 Å². The summed E-state index contributed by atoms with van der Waals surface area (Å²) in [5.74, 6) is -1.17. The van der Waals surface area contributed by atoms with Crippen LogP contribution in [0, 0.1) is 0 Å². The number of cyclic esters (lactones) is 2. The molecule has 1 aromatic rings. The Hall–Kier alpha value is -1.97. The number of hydrogen-bond donors (Lipinski definition) is 0. The van der Waals surface area contributed by atoms with E-state index < -0.39 is 11.9 Å². The topological polar surface area (TPSA) is 60.4 Å². The fourth-order valence-corrected chi connectivity index (χ4v) is 1.72. The van der Waals surface area contributed by atoms with Crippen LogP contribution < -0.4 is 0 Å². The summed E-state index contributed by atoms with van der Waals surface area (Å²) in [6, 6.07) is 4.98. The van der Waals surface area contributed by atoms with E-state index in [4.69, 9.17) is 0 Å². The highest BCUT2D eigenvalue weighted by atomic mass is 16.6. The van der Waals surface area contributed by atoms with E-state index >= 15 is 0 Å². The number of esters is 2. The second-order valence-corrected chi connectivity index (χ2v) is 3.72. The first-order valence-electron chi connectivity index (χ1n) is 4.97. The number of benzene rings is 1. The first-order chi connectivity index (χ1) is 7.59. The Balaban J connectivity index is 2.37. The molecule has 0 spiro atoms. The molecule has 1 aliphatic heterocycles. The maximum atomic E-state index is 11.4. The van der Waals surface area contributed by atoms with Crippen LogP contribution in [-0.4, -0.2) is 17.7 Å². The fraction of sp³-hybridized carbons (Fsp3) is 0.250. The van der Waals surface area contributed by atoms with Crippen molar-refractivity contribution in [3.63, 3.8) is 0 Å². The van der Waals surface area contributed by atoms with Crippen molar-refractivity contribution in [1.29, 1.82) is 0 Å². The summed E-state index contributed by atoms with van der Waals surface area (Å²) >= 11 is 0. The Labute approximate surface area is 92.2 Å². The molecule has 0 fully saturated rings. The Morgan fingerprint density at radius 2 is 2.00 bits per heavy atom. The van der Waals surface area contributed by atoms with Crippen LogP contribution in [-0.2, 0) is 16.0 Å². The number of rotatable bonds is 3. The molecular weight excluding hydrogens is 208 g/mol. The maximum Gasteiger partial charge on any atom is 0.347 e. The second-order valence-electron chi connectivity index (χ2n) is 3.72. The van der Waals surface area contributed by atoms with Crippen molar-refractivity contribution in [2.45, 2.75) is 19.8 Å². The van der Waals surface area contributed by atoms with Crippen LogP contribution in [0.15, 0.2) is 18.2 Å². The summed E-state index contributed by atoms with van der Waals surface area (Å²) in [5, 5.41) is 0. The number of aryl methyl sites for hydroxylation is 1. The van der Waals surface area contributed by atoms with Crippen molar-refractivity contribution in [3.05, 3.63) is 34.9 Å². The van der Waals surface area contributed by atoms with Gasteiger partial charge in [0, 0.05) is 6.42 Å². The largest absolute Gasteiger partial charge is 0.386 e. The molecule has 16 heavy (non-hydrogen) atoms. The lowest BCUT2D eigenvalue weighted by atomic mass is 9.98. The molecule has 0 N–H and O–H groups in total. The minimum Gasteiger partial charge on any atom is -0.386 e. The lowest BCUT2D eigenvalue weighted by molar-refractivity contribution is -0.116. The highest BCUT2D eigenvalue weighted by Crippen LogP contribution is 2.24. The predicted molar refractivity (Wildman–Crippen MR) is 55.2 cm³/mol. The molecule has 82 valence electrons. The van der Waals surface area contributed by atoms with Gasteiger partial charge in [0.2, 0.25) is 0 Å². The normalized spacial score (nSPS) is 13.6. The summed E-state index contributed by atoms with van der Waals surface area (Å²) in [6.07, 6.45) is 0.818. The van der Waals surface area contributed by atoms with Crippen LogP contribution in [0.2, 0.25) is 0 Å². The minimum atomic E-state index is -0.612. The van der Waals surface area contributed by atoms with Gasteiger partial charge in [0.25, 0.3) is 0 Å². The van der Waals surface area contributed by atoms with Crippen molar-refractivity contribution in [1.82, 2.24) is 0 Å². The number of hydrogen-bond acceptors (Lipinski definition) is 4. The van der Waals surface area contributed by atoms with Crippen molar-refractivity contribution < 1.29 is 19.1 Å². The molecule has 0 amide bonds. The summed E-state index contributed by atoms with van der Waals surface area (Å²) < 4.78 is 4.52. The maximum absolute atomic E-state index is 11.4. The molecule has 1 aliphatic rings. The summed E-state index contributed by atoms with van der Waals surface area (Å²) in [6.45, 7) is 1.49. The highest BCUT2D eigenvalue weighted by molar-refractivity contribution is 6.15. The number of carbonyl (C=O) groups excluding carboxylic acids is 3. The van der Waals surface area contributed by atoms with Gasteiger partial charge >= 0.3 is 11.9 Å². The molecule has 0 bridgehead atoms. The molecule has 0 saturated carbocycles. The first kappa shape index (κ1) is 10.5. The van der Waals surface area contributed by atoms with E-state index in [1.165, 1.54) is 6.92 Å². The van der Waals surface area contributed by atoms with Gasteiger partial charge in [-0.2, -0.15) is 0 Å². The number of ketones is 1. The first-order valence-corrected chi connectivity index (χ1v) is 4.97. The van der Waals surface area contributed by atoms with Gasteiger partial charge in [-0.05, 0) is 25.0 Å². The SMILES string of the molecule is CC(=O)CCc1cccc2c1C(=O)OC2=O. The third-order valence-corrected chi connectivity index (χ3v) is 2.51. The van der Waals surface area contributed by atoms with Gasteiger partial charge in [-0.25, -0.2) is 9.59 Å². The Bertz CT molecular complexity index is 488. The average molecular weight is 218 g/mol. The van der Waals surface area contributed by atoms with Crippen molar-refractivity contribution in [2.24, 2.45) is 0 Å². The van der Waals surface area contributed by atoms with Gasteiger partial charge in [-0.3, -0.25) is 0 Å². The summed E-state index contributed by atoms with van der Waals surface area (Å²) in [4.78, 5) is 33.5. The molecule has 4 nitrogen and oxygen atoms in total. The third-order valence-electron chi connectivity index (χ3n) is 2.51. The van der Waals surface area contributed by atoms with Gasteiger partial charge in [-0.15, -0.1) is 0 Å². The van der Waals surface area contributed by atoms with Crippen molar-refractivity contribution in [3.8, 4) is 0 Å². The average Bonchev–Trinajstić information content (AvgIpc) is 2.52. The quantitative estimate of drug-likeness (QED) is 0.570. The standard InChI is InChI=1S/C12H10O4/c1-7(13)5-6-8-3-2-4-9-10(8)12(15)16-11(9)14/h2-4H,5-6H2,1H3. The second kappa shape index (κ2) is 3.89. The van der Waals surface area contributed by atoms with Crippen LogP contribution in [0.1, 0.15) is 39.6 Å². The Morgan fingerprint density at radius 1 is 1.25 bits per heavy atom. The lowest BCUT2D eigenvalue weighted by Crippen LogP contribution is -2.02. The monoisotopic (exact) mass is 218 g/mol. The molecule has 0 aliphatic carbocycles. The van der Waals surface area contributed by atoms with Gasteiger partial charge in [0.05, 0.1) is 11.1 Å². The molecule has 0 saturated heterocycles. The molecule has 0 atom stereocenters. The smallest absolute Gasteiger partial charge is 0.347 e. The summed E-state index contributed by atoms with van der Waals surface area (Å²) in [7, 11) is 0. The van der Waals surface area contributed by atoms with Gasteiger partial charge < -0.3 is 9.53 Å². The third kappa shape index (κ3) is 1.74. The zero-order valence-corrected chi connectivity index (χ0v) is 8.78. The molecule has 4 heteroatoms. The van der Waals surface area contributed by atoms with Gasteiger partial charge in [0.1, 0.15) is 5.78 Å². The molecule has 0 radical (unpaired) electrons. The lowest BCUT2D eigenvalue weighted by Gasteiger charge is -2.02.